The molecule has 3 unspecified atom stereocenters. The molecule has 0 radical (unpaired) electrons. The summed E-state index contributed by atoms with van der Waals surface area (Å²) in [6.07, 6.45) is 6.96. The molecule has 4 heteroatoms. The second kappa shape index (κ2) is 5.49. The zero-order chi connectivity index (χ0) is 12.5. The third-order valence-corrected chi connectivity index (χ3v) is 5.93. The third-order valence-electron chi connectivity index (χ3n) is 4.60. The minimum Gasteiger partial charge on any atom is -0.329 e. The molecule has 1 aliphatic heterocycles. The van der Waals surface area contributed by atoms with E-state index in [0.29, 0.717) is 12.6 Å². The predicted octanol–water partition coefficient (Wildman–Crippen LogP) is 3.67. The van der Waals surface area contributed by atoms with E-state index in [1.54, 1.807) is 11.3 Å². The number of fused-ring (bicyclic) bond motifs is 1. The number of nitrogens with zero attached hydrogens (tertiary/aromatic N) is 1. The number of thiophene rings is 1. The van der Waals surface area contributed by atoms with E-state index in [4.69, 9.17) is 17.3 Å². The van der Waals surface area contributed by atoms with Crippen LogP contribution < -0.4 is 5.73 Å². The van der Waals surface area contributed by atoms with Crippen molar-refractivity contribution in [3.8, 4) is 0 Å². The molecule has 3 rings (SSSR count). The maximum atomic E-state index is 6.06. The van der Waals surface area contributed by atoms with Crippen molar-refractivity contribution >= 4 is 22.9 Å². The van der Waals surface area contributed by atoms with Gasteiger partial charge in [-0.2, -0.15) is 0 Å². The van der Waals surface area contributed by atoms with Crippen LogP contribution in [0.2, 0.25) is 4.34 Å². The second-order valence-electron chi connectivity index (χ2n) is 5.53. The van der Waals surface area contributed by atoms with Gasteiger partial charge in [-0.05, 0) is 43.9 Å². The number of hydrogen-bond acceptors (Lipinski definition) is 3. The van der Waals surface area contributed by atoms with Gasteiger partial charge in [-0.3, -0.25) is 4.90 Å². The summed E-state index contributed by atoms with van der Waals surface area (Å²) < 4.78 is 0.878. The summed E-state index contributed by atoms with van der Waals surface area (Å²) >= 11 is 7.76. The van der Waals surface area contributed by atoms with Crippen LogP contribution in [-0.4, -0.2) is 24.0 Å². The molecule has 2 N–H and O–H groups in total. The predicted molar refractivity (Wildman–Crippen MR) is 78.2 cm³/mol. The molecule has 2 heterocycles. The Kier molecular flexibility index (Phi) is 3.94. The van der Waals surface area contributed by atoms with Crippen molar-refractivity contribution in [1.82, 2.24) is 4.90 Å². The van der Waals surface area contributed by atoms with Crippen LogP contribution in [0.25, 0.3) is 0 Å². The fourth-order valence-electron chi connectivity index (χ4n) is 3.75. The normalized spacial score (nSPS) is 30.3. The summed E-state index contributed by atoms with van der Waals surface area (Å²) in [5, 5.41) is 0. The van der Waals surface area contributed by atoms with E-state index >= 15 is 0 Å². The summed E-state index contributed by atoms with van der Waals surface area (Å²) in [5.74, 6) is 0.920. The largest absolute Gasteiger partial charge is 0.329 e. The summed E-state index contributed by atoms with van der Waals surface area (Å²) in [6.45, 7) is 1.92. The Bertz CT molecular complexity index is 406. The monoisotopic (exact) mass is 284 g/mol. The summed E-state index contributed by atoms with van der Waals surface area (Å²) in [6, 6.07) is 5.31. The van der Waals surface area contributed by atoms with Crippen LogP contribution in [0.1, 0.15) is 43.0 Å². The summed E-state index contributed by atoms with van der Waals surface area (Å²) in [7, 11) is 0. The highest BCUT2D eigenvalue weighted by Crippen LogP contribution is 2.41. The van der Waals surface area contributed by atoms with Crippen molar-refractivity contribution in [3.05, 3.63) is 21.3 Å². The van der Waals surface area contributed by atoms with Gasteiger partial charge >= 0.3 is 0 Å². The molecule has 1 aliphatic carbocycles. The van der Waals surface area contributed by atoms with Gasteiger partial charge in [0.25, 0.3) is 0 Å². The van der Waals surface area contributed by atoms with Crippen LogP contribution in [0.5, 0.6) is 0 Å². The first-order chi connectivity index (χ1) is 8.79. The average molecular weight is 285 g/mol. The van der Waals surface area contributed by atoms with Gasteiger partial charge in [-0.15, -0.1) is 11.3 Å². The van der Waals surface area contributed by atoms with Crippen molar-refractivity contribution in [2.45, 2.75) is 44.2 Å². The molecule has 1 saturated heterocycles. The maximum absolute atomic E-state index is 6.06. The van der Waals surface area contributed by atoms with Crippen molar-refractivity contribution in [3.63, 3.8) is 0 Å². The number of nitrogens with two attached hydrogens (primary N) is 1. The molecule has 0 aromatic carbocycles. The van der Waals surface area contributed by atoms with Crippen LogP contribution in [0.15, 0.2) is 12.1 Å². The molecule has 0 amide bonds. The van der Waals surface area contributed by atoms with E-state index in [9.17, 15) is 0 Å². The van der Waals surface area contributed by atoms with Gasteiger partial charge in [0, 0.05) is 17.5 Å². The smallest absolute Gasteiger partial charge is 0.0931 e. The van der Waals surface area contributed by atoms with Gasteiger partial charge in [-0.1, -0.05) is 24.4 Å². The summed E-state index contributed by atoms with van der Waals surface area (Å²) in [4.78, 5) is 4.00. The van der Waals surface area contributed by atoms with E-state index in [0.717, 1.165) is 16.3 Å². The molecule has 0 bridgehead atoms. The SMILES string of the molecule is NCC(c1ccc(Cl)s1)N1CCC2CCCCC21. The van der Waals surface area contributed by atoms with Crippen LogP contribution in [-0.2, 0) is 0 Å². The number of halogens is 1. The zero-order valence-corrected chi connectivity index (χ0v) is 12.2. The lowest BCUT2D eigenvalue weighted by Gasteiger charge is -2.36. The average Bonchev–Trinajstić information content (AvgIpc) is 2.98. The Morgan fingerprint density at radius 1 is 1.33 bits per heavy atom. The minimum absolute atomic E-state index is 0.385. The third kappa shape index (κ3) is 2.34. The first kappa shape index (κ1) is 12.9. The molecule has 18 heavy (non-hydrogen) atoms. The van der Waals surface area contributed by atoms with Crippen LogP contribution in [0, 0.1) is 5.92 Å². The topological polar surface area (TPSA) is 29.3 Å². The quantitative estimate of drug-likeness (QED) is 0.918. The number of hydrogen-bond donors (Lipinski definition) is 1. The van der Waals surface area contributed by atoms with Crippen LogP contribution >= 0.6 is 22.9 Å². The van der Waals surface area contributed by atoms with Crippen LogP contribution in [0.3, 0.4) is 0 Å². The first-order valence-electron chi connectivity index (χ1n) is 7.00. The number of likely N-dealkylation sites (tertiary alicyclic amines) is 1. The Balaban J connectivity index is 1.79. The molecule has 1 aromatic rings. The second-order valence-corrected chi connectivity index (χ2v) is 7.28. The van der Waals surface area contributed by atoms with Gasteiger partial charge < -0.3 is 5.73 Å². The van der Waals surface area contributed by atoms with Crippen molar-refractivity contribution in [1.29, 1.82) is 0 Å². The van der Waals surface area contributed by atoms with Crippen molar-refractivity contribution in [2.24, 2.45) is 11.7 Å². The molecule has 1 saturated carbocycles. The Hall–Kier alpha value is -0.0900. The fraction of sp³-hybridized carbons (Fsp3) is 0.714. The molecule has 0 spiro atoms. The molecule has 3 atom stereocenters. The van der Waals surface area contributed by atoms with Gasteiger partial charge in [-0.25, -0.2) is 0 Å². The van der Waals surface area contributed by atoms with Gasteiger partial charge in [0.1, 0.15) is 0 Å². The fourth-order valence-corrected chi connectivity index (χ4v) is 4.95. The lowest BCUT2D eigenvalue weighted by atomic mass is 9.85. The number of rotatable bonds is 3. The molecule has 1 aromatic heterocycles. The Labute approximate surface area is 118 Å². The molecule has 100 valence electrons. The van der Waals surface area contributed by atoms with Crippen molar-refractivity contribution < 1.29 is 0 Å². The maximum Gasteiger partial charge on any atom is 0.0931 e. The van der Waals surface area contributed by atoms with E-state index < -0.39 is 0 Å². The highest BCUT2D eigenvalue weighted by atomic mass is 35.5. The van der Waals surface area contributed by atoms with Gasteiger partial charge in [0.05, 0.1) is 10.4 Å². The lowest BCUT2D eigenvalue weighted by molar-refractivity contribution is 0.137. The highest BCUT2D eigenvalue weighted by Gasteiger charge is 2.39. The molecular formula is C14H21ClN2S. The molecule has 2 aliphatic rings. The molecule has 2 nitrogen and oxygen atoms in total. The van der Waals surface area contributed by atoms with Gasteiger partial charge in [0.15, 0.2) is 0 Å². The highest BCUT2D eigenvalue weighted by molar-refractivity contribution is 7.16. The van der Waals surface area contributed by atoms with Gasteiger partial charge in [0.2, 0.25) is 0 Å². The van der Waals surface area contributed by atoms with E-state index in [-0.39, 0.29) is 0 Å². The molecular weight excluding hydrogens is 264 g/mol. The first-order valence-corrected chi connectivity index (χ1v) is 8.20. The van der Waals surface area contributed by atoms with Crippen LogP contribution in [0.4, 0.5) is 0 Å². The lowest BCUT2D eigenvalue weighted by Crippen LogP contribution is -2.40. The van der Waals surface area contributed by atoms with E-state index in [2.05, 4.69) is 11.0 Å². The Morgan fingerprint density at radius 3 is 2.89 bits per heavy atom. The van der Waals surface area contributed by atoms with Crippen molar-refractivity contribution in [2.75, 3.05) is 13.1 Å². The standard InChI is InChI=1S/C14H21ClN2S/c15-14-6-5-13(18-14)12(9-16)17-8-7-10-3-1-2-4-11(10)17/h5-6,10-12H,1-4,7-9,16H2. The van der Waals surface area contributed by atoms with E-state index in [1.807, 2.05) is 6.07 Å². The molecule has 2 fully saturated rings. The minimum atomic E-state index is 0.385. The summed E-state index contributed by atoms with van der Waals surface area (Å²) in [5.41, 5.74) is 6.04. The zero-order valence-electron chi connectivity index (χ0n) is 10.6. The Morgan fingerprint density at radius 2 is 2.17 bits per heavy atom. The van der Waals surface area contributed by atoms with E-state index in [1.165, 1.54) is 43.5 Å².